The van der Waals surface area contributed by atoms with Gasteiger partial charge in [-0.15, -0.1) is 0 Å². The van der Waals surface area contributed by atoms with Crippen LogP contribution in [0.4, 0.5) is 5.13 Å². The summed E-state index contributed by atoms with van der Waals surface area (Å²) in [6.45, 7) is 1.86. The molecule has 2 N–H and O–H groups in total. The molecule has 0 atom stereocenters. The molecule has 2 aromatic rings. The first kappa shape index (κ1) is 22.7. The van der Waals surface area contributed by atoms with E-state index in [2.05, 4.69) is 15.0 Å². The van der Waals surface area contributed by atoms with Crippen molar-refractivity contribution in [2.75, 3.05) is 5.32 Å². The molecule has 1 aromatic carbocycles. The van der Waals surface area contributed by atoms with E-state index in [-0.39, 0.29) is 27.8 Å². The molecule has 0 aliphatic heterocycles. The second-order valence-corrected chi connectivity index (χ2v) is 11.6. The van der Waals surface area contributed by atoms with Crippen molar-refractivity contribution in [2.24, 2.45) is 5.92 Å². The first-order valence-electron chi connectivity index (χ1n) is 10.9. The fourth-order valence-corrected chi connectivity index (χ4v) is 7.26. The van der Waals surface area contributed by atoms with Gasteiger partial charge in [-0.05, 0) is 50.3 Å². The van der Waals surface area contributed by atoms with Gasteiger partial charge in [-0.3, -0.25) is 4.79 Å². The Balaban J connectivity index is 1.56. The number of hydrogen-bond donors (Lipinski definition) is 2. The first-order valence-corrected chi connectivity index (χ1v) is 13.6. The van der Waals surface area contributed by atoms with E-state index >= 15 is 0 Å². The summed E-state index contributed by atoms with van der Waals surface area (Å²) in [4.78, 5) is 17.8. The quantitative estimate of drug-likeness (QED) is 0.569. The van der Waals surface area contributed by atoms with Gasteiger partial charge in [-0.25, -0.2) is 18.1 Å². The van der Waals surface area contributed by atoms with Gasteiger partial charge in [0, 0.05) is 12.0 Å². The number of thiazole rings is 1. The van der Waals surface area contributed by atoms with Gasteiger partial charge in [0.05, 0.1) is 15.6 Å². The Morgan fingerprint density at radius 1 is 1.10 bits per heavy atom. The molecule has 0 saturated heterocycles. The number of anilines is 1. The van der Waals surface area contributed by atoms with Crippen molar-refractivity contribution in [3.05, 3.63) is 28.9 Å². The van der Waals surface area contributed by atoms with Gasteiger partial charge in [0.15, 0.2) is 5.13 Å². The maximum absolute atomic E-state index is 13.0. The Bertz CT molecular complexity index is 1060. The van der Waals surface area contributed by atoms with Crippen molar-refractivity contribution >= 4 is 44.0 Å². The van der Waals surface area contributed by atoms with E-state index in [0.29, 0.717) is 5.13 Å². The van der Waals surface area contributed by atoms with Crippen LogP contribution in [-0.4, -0.2) is 25.4 Å². The molecule has 0 radical (unpaired) electrons. The highest BCUT2D eigenvalue weighted by molar-refractivity contribution is 7.89. The minimum Gasteiger partial charge on any atom is -0.302 e. The topological polar surface area (TPSA) is 88.2 Å². The average Bonchev–Trinajstić information content (AvgIpc) is 3.39. The number of rotatable bonds is 6. The molecule has 2 fully saturated rings. The number of benzene rings is 1. The Labute approximate surface area is 192 Å². The van der Waals surface area contributed by atoms with Crippen LogP contribution in [0.25, 0.3) is 10.4 Å². The lowest BCUT2D eigenvalue weighted by Crippen LogP contribution is -2.36. The lowest BCUT2D eigenvalue weighted by Gasteiger charge is -2.23. The molecule has 6 nitrogen and oxygen atoms in total. The van der Waals surface area contributed by atoms with Crippen LogP contribution in [0.5, 0.6) is 0 Å². The molecule has 2 aliphatic rings. The number of aromatic nitrogens is 1. The molecular formula is C22H28ClN3O3S2. The van der Waals surface area contributed by atoms with E-state index < -0.39 is 10.0 Å². The number of nitrogens with zero attached hydrogens (tertiary/aromatic N) is 1. The molecule has 9 heteroatoms. The van der Waals surface area contributed by atoms with Gasteiger partial charge in [0.2, 0.25) is 15.9 Å². The Hall–Kier alpha value is -1.48. The lowest BCUT2D eigenvalue weighted by atomic mass is 9.96. The molecule has 1 amide bonds. The second kappa shape index (κ2) is 9.57. The minimum absolute atomic E-state index is 0.0221. The summed E-state index contributed by atoms with van der Waals surface area (Å²) >= 11 is 7.64. The number of carbonyl (C=O) groups is 1. The summed E-state index contributed by atoms with van der Waals surface area (Å²) < 4.78 is 28.9. The van der Waals surface area contributed by atoms with Crippen LogP contribution < -0.4 is 10.0 Å². The molecule has 0 bridgehead atoms. The van der Waals surface area contributed by atoms with Crippen LogP contribution in [0, 0.1) is 12.8 Å². The second-order valence-electron chi connectivity index (χ2n) is 8.51. The molecule has 0 unspecified atom stereocenters. The predicted octanol–water partition coefficient (Wildman–Crippen LogP) is 5.51. The van der Waals surface area contributed by atoms with E-state index in [0.717, 1.165) is 73.9 Å². The van der Waals surface area contributed by atoms with E-state index in [4.69, 9.17) is 11.6 Å². The van der Waals surface area contributed by atoms with E-state index in [1.54, 1.807) is 18.2 Å². The summed E-state index contributed by atoms with van der Waals surface area (Å²) in [7, 11) is -3.72. The van der Waals surface area contributed by atoms with Gasteiger partial charge in [0.25, 0.3) is 0 Å². The molecule has 168 valence electrons. The zero-order valence-corrected chi connectivity index (χ0v) is 20.0. The number of halogens is 1. The van der Waals surface area contributed by atoms with Crippen molar-refractivity contribution in [2.45, 2.75) is 75.6 Å². The fourth-order valence-electron chi connectivity index (χ4n) is 4.47. The van der Waals surface area contributed by atoms with Crippen LogP contribution in [0.1, 0.15) is 63.5 Å². The number of carbonyl (C=O) groups excluding carboxylic acids is 1. The molecule has 1 aromatic heterocycles. The third-order valence-corrected chi connectivity index (χ3v) is 9.29. The molecular weight excluding hydrogens is 454 g/mol. The highest BCUT2D eigenvalue weighted by Crippen LogP contribution is 2.36. The fraction of sp³-hybridized carbons (Fsp3) is 0.545. The summed E-state index contributed by atoms with van der Waals surface area (Å²) in [5.41, 5.74) is 1.47. The maximum atomic E-state index is 13.0. The molecule has 1 heterocycles. The molecule has 0 spiro atoms. The van der Waals surface area contributed by atoms with Crippen LogP contribution >= 0.6 is 22.9 Å². The highest BCUT2D eigenvalue weighted by atomic mass is 35.5. The van der Waals surface area contributed by atoms with E-state index in [1.807, 2.05) is 6.92 Å². The maximum Gasteiger partial charge on any atom is 0.242 e. The monoisotopic (exact) mass is 481 g/mol. The van der Waals surface area contributed by atoms with Crippen LogP contribution in [0.2, 0.25) is 5.02 Å². The van der Waals surface area contributed by atoms with Crippen molar-refractivity contribution in [1.82, 2.24) is 9.71 Å². The van der Waals surface area contributed by atoms with Gasteiger partial charge < -0.3 is 5.32 Å². The predicted molar refractivity (Wildman–Crippen MR) is 125 cm³/mol. The summed E-state index contributed by atoms with van der Waals surface area (Å²) in [5, 5.41) is 3.68. The minimum atomic E-state index is -3.72. The van der Waals surface area contributed by atoms with E-state index in [9.17, 15) is 13.2 Å². The largest absolute Gasteiger partial charge is 0.302 e. The number of hydrogen-bond acceptors (Lipinski definition) is 5. The molecule has 31 heavy (non-hydrogen) atoms. The molecule has 2 aliphatic carbocycles. The van der Waals surface area contributed by atoms with Crippen LogP contribution in [0.3, 0.4) is 0 Å². The van der Waals surface area contributed by atoms with Gasteiger partial charge in [-0.2, -0.15) is 0 Å². The highest BCUT2D eigenvalue weighted by Gasteiger charge is 2.26. The molecule has 4 rings (SSSR count). The van der Waals surface area contributed by atoms with Crippen molar-refractivity contribution in [3.8, 4) is 10.4 Å². The molecule has 2 saturated carbocycles. The van der Waals surface area contributed by atoms with Crippen LogP contribution in [0.15, 0.2) is 23.1 Å². The number of sulfonamides is 1. The Morgan fingerprint density at radius 2 is 1.77 bits per heavy atom. The normalized spacial score (nSPS) is 18.4. The van der Waals surface area contributed by atoms with Gasteiger partial charge >= 0.3 is 0 Å². The van der Waals surface area contributed by atoms with Gasteiger partial charge in [-0.1, -0.05) is 61.1 Å². The van der Waals surface area contributed by atoms with Crippen LogP contribution in [-0.2, 0) is 14.8 Å². The SMILES string of the molecule is Cc1nc(NC(=O)C2CCCC2)sc1-c1ccc(Cl)c(S(=O)(=O)NC2CCCCC2)c1. The lowest BCUT2D eigenvalue weighted by molar-refractivity contribution is -0.119. The first-order chi connectivity index (χ1) is 14.8. The van der Waals surface area contributed by atoms with Gasteiger partial charge in [0.1, 0.15) is 4.90 Å². The van der Waals surface area contributed by atoms with Crippen molar-refractivity contribution < 1.29 is 13.2 Å². The Kier molecular flexibility index (Phi) is 7.01. The average molecular weight is 482 g/mol. The van der Waals surface area contributed by atoms with Crippen molar-refractivity contribution in [1.29, 1.82) is 0 Å². The zero-order chi connectivity index (χ0) is 22.0. The number of aryl methyl sites for hydroxylation is 1. The summed E-state index contributed by atoms with van der Waals surface area (Å²) in [5.74, 6) is 0.0830. The standard InChI is InChI=1S/C22H28ClN3O3S2/c1-14-20(30-22(24-14)25-21(27)15-7-5-6-8-15)16-11-12-18(23)19(13-16)31(28,29)26-17-9-3-2-4-10-17/h11-13,15,17,26H,2-10H2,1H3,(H,24,25,27). The number of nitrogens with one attached hydrogen (secondary N) is 2. The van der Waals surface area contributed by atoms with Crippen molar-refractivity contribution in [3.63, 3.8) is 0 Å². The van der Waals surface area contributed by atoms with E-state index in [1.165, 1.54) is 11.3 Å². The zero-order valence-electron chi connectivity index (χ0n) is 17.6. The third kappa shape index (κ3) is 5.30. The smallest absolute Gasteiger partial charge is 0.242 e. The summed E-state index contributed by atoms with van der Waals surface area (Å²) in [6, 6.07) is 4.98. The third-order valence-electron chi connectivity index (χ3n) is 6.16. The Morgan fingerprint density at radius 3 is 2.48 bits per heavy atom. The summed E-state index contributed by atoms with van der Waals surface area (Å²) in [6.07, 6.45) is 8.98. The number of amides is 1.